The maximum absolute atomic E-state index is 11.7. The second-order valence-electron chi connectivity index (χ2n) is 5.86. The van der Waals surface area contributed by atoms with Crippen molar-refractivity contribution in [3.8, 4) is 10.6 Å². The number of benzene rings is 1. The highest BCUT2D eigenvalue weighted by Crippen LogP contribution is 2.27. The molecule has 1 aromatic heterocycles. The van der Waals surface area contributed by atoms with Gasteiger partial charge in [-0.05, 0) is 26.3 Å². The number of amides is 1. The van der Waals surface area contributed by atoms with Gasteiger partial charge in [0.15, 0.2) is 5.69 Å². The molecule has 2 rings (SSSR count). The largest absolute Gasteiger partial charge is 0.476 e. The van der Waals surface area contributed by atoms with Gasteiger partial charge in [0.1, 0.15) is 10.6 Å². The Labute approximate surface area is 138 Å². The number of aromatic nitrogens is 1. The molecule has 0 atom stereocenters. The Balaban J connectivity index is 2.14. The maximum atomic E-state index is 11.7. The van der Waals surface area contributed by atoms with Crippen LogP contribution in [-0.2, 0) is 11.3 Å². The third-order valence-corrected chi connectivity index (χ3v) is 3.67. The fourth-order valence-electron chi connectivity index (χ4n) is 1.86. The van der Waals surface area contributed by atoms with Crippen LogP contribution in [0.2, 0.25) is 0 Å². The topological polar surface area (TPSA) is 88.5 Å². The van der Waals surface area contributed by atoms with Crippen molar-refractivity contribution in [1.29, 1.82) is 0 Å². The van der Waals surface area contributed by atoms with Crippen LogP contribution in [0.15, 0.2) is 29.6 Å². The van der Waals surface area contributed by atoms with Crippen LogP contribution in [0, 0.1) is 0 Å². The van der Waals surface area contributed by atoms with Crippen molar-refractivity contribution >= 4 is 23.4 Å². The number of hydrogen-bond acceptors (Lipinski definition) is 5. The predicted octanol–water partition coefficient (Wildman–Crippen LogP) is 3.53. The minimum absolute atomic E-state index is 0.0138. The van der Waals surface area contributed by atoms with Crippen LogP contribution in [0.5, 0.6) is 0 Å². The molecule has 0 aliphatic heterocycles. The molecule has 1 heterocycles. The number of thiazole rings is 1. The van der Waals surface area contributed by atoms with Gasteiger partial charge in [-0.3, -0.25) is 0 Å². The number of carboxylic acid groups (broad SMARTS) is 1. The van der Waals surface area contributed by atoms with E-state index in [0.29, 0.717) is 5.01 Å². The lowest BCUT2D eigenvalue weighted by Crippen LogP contribution is -2.32. The van der Waals surface area contributed by atoms with Gasteiger partial charge in [0.25, 0.3) is 0 Å². The Morgan fingerprint density at radius 2 is 2.00 bits per heavy atom. The van der Waals surface area contributed by atoms with E-state index in [-0.39, 0.29) is 12.2 Å². The molecule has 0 saturated carbocycles. The lowest BCUT2D eigenvalue weighted by atomic mass is 10.1. The summed E-state index contributed by atoms with van der Waals surface area (Å²) in [5, 5.41) is 13.8. The molecule has 0 aliphatic rings. The quantitative estimate of drug-likeness (QED) is 0.893. The molecular formula is C16H18N2O4S. The minimum atomic E-state index is -1.06. The molecule has 2 N–H and O–H groups in total. The van der Waals surface area contributed by atoms with E-state index in [1.165, 1.54) is 16.7 Å². The molecule has 0 spiro atoms. The maximum Gasteiger partial charge on any atom is 0.407 e. The predicted molar refractivity (Wildman–Crippen MR) is 87.6 cm³/mol. The third kappa shape index (κ3) is 4.79. The van der Waals surface area contributed by atoms with Crippen LogP contribution >= 0.6 is 11.3 Å². The zero-order chi connectivity index (χ0) is 17.0. The Morgan fingerprint density at radius 3 is 2.61 bits per heavy atom. The van der Waals surface area contributed by atoms with Crippen molar-refractivity contribution in [3.05, 3.63) is 40.9 Å². The highest BCUT2D eigenvalue weighted by atomic mass is 32.1. The summed E-state index contributed by atoms with van der Waals surface area (Å²) in [4.78, 5) is 26.8. The zero-order valence-electron chi connectivity index (χ0n) is 13.1. The van der Waals surface area contributed by atoms with E-state index < -0.39 is 17.7 Å². The molecule has 122 valence electrons. The standard InChI is InChI=1S/C16H18N2O4S/c1-16(2,3)22-15(21)17-8-10-6-4-5-7-11(10)13-18-12(9-23-13)14(19)20/h4-7,9H,8H2,1-3H3,(H,17,21)(H,19,20). The SMILES string of the molecule is CC(C)(C)OC(=O)NCc1ccccc1-c1nc(C(=O)O)cs1. The van der Waals surface area contributed by atoms with Gasteiger partial charge in [-0.25, -0.2) is 14.6 Å². The fourth-order valence-corrected chi connectivity index (χ4v) is 2.71. The van der Waals surface area contributed by atoms with Gasteiger partial charge >= 0.3 is 12.1 Å². The molecule has 0 aliphatic carbocycles. The van der Waals surface area contributed by atoms with E-state index in [2.05, 4.69) is 10.3 Å². The number of rotatable bonds is 4. The van der Waals surface area contributed by atoms with Gasteiger partial charge in [0, 0.05) is 17.5 Å². The normalized spacial score (nSPS) is 11.1. The third-order valence-electron chi connectivity index (χ3n) is 2.79. The highest BCUT2D eigenvalue weighted by Gasteiger charge is 2.17. The van der Waals surface area contributed by atoms with Crippen LogP contribution in [0.25, 0.3) is 10.6 Å². The van der Waals surface area contributed by atoms with E-state index in [4.69, 9.17) is 9.84 Å². The summed E-state index contributed by atoms with van der Waals surface area (Å²) >= 11 is 1.25. The number of carboxylic acids is 1. The molecule has 0 radical (unpaired) electrons. The van der Waals surface area contributed by atoms with Crippen LogP contribution < -0.4 is 5.32 Å². The van der Waals surface area contributed by atoms with E-state index in [9.17, 15) is 9.59 Å². The number of hydrogen-bond donors (Lipinski definition) is 2. The smallest absolute Gasteiger partial charge is 0.407 e. The number of aromatic carboxylic acids is 1. The summed E-state index contributed by atoms with van der Waals surface area (Å²) in [6.07, 6.45) is -0.502. The first-order chi connectivity index (χ1) is 10.8. The molecule has 2 aromatic rings. The first-order valence-electron chi connectivity index (χ1n) is 7.00. The summed E-state index contributed by atoms with van der Waals surface area (Å²) in [6, 6.07) is 7.39. The number of ether oxygens (including phenoxy) is 1. The zero-order valence-corrected chi connectivity index (χ0v) is 13.9. The van der Waals surface area contributed by atoms with Crippen molar-refractivity contribution in [2.45, 2.75) is 32.9 Å². The lowest BCUT2D eigenvalue weighted by molar-refractivity contribution is 0.0523. The summed E-state index contributed by atoms with van der Waals surface area (Å²) in [7, 11) is 0. The summed E-state index contributed by atoms with van der Waals surface area (Å²) in [5.74, 6) is -1.06. The summed E-state index contributed by atoms with van der Waals surface area (Å²) in [5.41, 5.74) is 1.08. The average molecular weight is 334 g/mol. The van der Waals surface area contributed by atoms with E-state index in [1.807, 2.05) is 24.3 Å². The number of carbonyl (C=O) groups is 2. The molecule has 23 heavy (non-hydrogen) atoms. The van der Waals surface area contributed by atoms with Crippen molar-refractivity contribution in [2.24, 2.45) is 0 Å². The number of alkyl carbamates (subject to hydrolysis) is 1. The van der Waals surface area contributed by atoms with Crippen molar-refractivity contribution < 1.29 is 19.4 Å². The Kier molecular flexibility index (Phi) is 5.00. The summed E-state index contributed by atoms with van der Waals surface area (Å²) < 4.78 is 5.20. The molecule has 0 bridgehead atoms. The van der Waals surface area contributed by atoms with E-state index >= 15 is 0 Å². The van der Waals surface area contributed by atoms with Crippen LogP contribution in [0.1, 0.15) is 36.8 Å². The highest BCUT2D eigenvalue weighted by molar-refractivity contribution is 7.13. The number of nitrogens with zero attached hydrogens (tertiary/aromatic N) is 1. The lowest BCUT2D eigenvalue weighted by Gasteiger charge is -2.20. The van der Waals surface area contributed by atoms with Gasteiger partial charge in [0.2, 0.25) is 0 Å². The number of carbonyl (C=O) groups excluding carboxylic acids is 1. The first kappa shape index (κ1) is 17.0. The molecule has 7 heteroatoms. The molecule has 0 saturated heterocycles. The van der Waals surface area contributed by atoms with Crippen LogP contribution in [-0.4, -0.2) is 27.8 Å². The first-order valence-corrected chi connectivity index (χ1v) is 7.88. The Bertz CT molecular complexity index is 719. The van der Waals surface area contributed by atoms with Crippen molar-refractivity contribution in [2.75, 3.05) is 0 Å². The molecule has 0 unspecified atom stereocenters. The van der Waals surface area contributed by atoms with Gasteiger partial charge in [-0.15, -0.1) is 11.3 Å². The van der Waals surface area contributed by atoms with Crippen LogP contribution in [0.3, 0.4) is 0 Å². The van der Waals surface area contributed by atoms with Crippen molar-refractivity contribution in [1.82, 2.24) is 10.3 Å². The second-order valence-corrected chi connectivity index (χ2v) is 6.71. The Morgan fingerprint density at radius 1 is 1.30 bits per heavy atom. The molecule has 6 nitrogen and oxygen atoms in total. The monoisotopic (exact) mass is 334 g/mol. The second kappa shape index (κ2) is 6.78. The molecule has 1 aromatic carbocycles. The van der Waals surface area contributed by atoms with Crippen molar-refractivity contribution in [3.63, 3.8) is 0 Å². The number of nitrogens with one attached hydrogen (secondary N) is 1. The van der Waals surface area contributed by atoms with Gasteiger partial charge < -0.3 is 15.2 Å². The van der Waals surface area contributed by atoms with Crippen LogP contribution in [0.4, 0.5) is 4.79 Å². The molecular weight excluding hydrogens is 316 g/mol. The van der Waals surface area contributed by atoms with Gasteiger partial charge in [-0.2, -0.15) is 0 Å². The molecule has 0 fully saturated rings. The summed E-state index contributed by atoms with van der Waals surface area (Å²) in [6.45, 7) is 5.66. The van der Waals surface area contributed by atoms with E-state index in [0.717, 1.165) is 11.1 Å². The molecule has 1 amide bonds. The van der Waals surface area contributed by atoms with Gasteiger partial charge in [-0.1, -0.05) is 24.3 Å². The van der Waals surface area contributed by atoms with E-state index in [1.54, 1.807) is 20.8 Å². The minimum Gasteiger partial charge on any atom is -0.476 e. The van der Waals surface area contributed by atoms with Gasteiger partial charge in [0.05, 0.1) is 0 Å². The Hall–Kier alpha value is -2.41. The average Bonchev–Trinajstić information content (AvgIpc) is 2.93. The fraction of sp³-hybridized carbons (Fsp3) is 0.312.